The summed E-state index contributed by atoms with van der Waals surface area (Å²) in [6.45, 7) is -0.271. The minimum absolute atomic E-state index is 0.115. The Morgan fingerprint density at radius 1 is 1.32 bits per heavy atom. The van der Waals surface area contributed by atoms with Crippen molar-refractivity contribution in [1.29, 1.82) is 0 Å². The van der Waals surface area contributed by atoms with E-state index in [0.717, 1.165) is 0 Å². The molecule has 0 aliphatic carbocycles. The Labute approximate surface area is 112 Å². The summed E-state index contributed by atoms with van der Waals surface area (Å²) in [5.74, 6) is -2.30. The summed E-state index contributed by atoms with van der Waals surface area (Å²) in [7, 11) is 0. The molecule has 0 fully saturated rings. The second-order valence-corrected chi connectivity index (χ2v) is 3.55. The molecular formula is C8H11ClN8O2. The first-order chi connectivity index (χ1) is 8.85. The summed E-state index contributed by atoms with van der Waals surface area (Å²) in [5.41, 5.74) is 20.4. The van der Waals surface area contributed by atoms with Gasteiger partial charge in [-0.25, -0.2) is 9.97 Å². The maximum absolute atomic E-state index is 11.5. The summed E-state index contributed by atoms with van der Waals surface area (Å²) in [4.78, 5) is 33.2. The van der Waals surface area contributed by atoms with Crippen molar-refractivity contribution in [2.24, 2.45) is 22.2 Å². The van der Waals surface area contributed by atoms with Crippen molar-refractivity contribution >= 4 is 41.0 Å². The Bertz CT molecular complexity index is 554. The number of rotatable bonds is 3. The third-order valence-electron chi connectivity index (χ3n) is 1.76. The highest BCUT2D eigenvalue weighted by atomic mass is 35.5. The summed E-state index contributed by atoms with van der Waals surface area (Å²) in [5, 5.41) is 2.02. The van der Waals surface area contributed by atoms with Crippen LogP contribution in [0.2, 0.25) is 5.15 Å². The van der Waals surface area contributed by atoms with Gasteiger partial charge in [0, 0.05) is 0 Å². The first-order valence-corrected chi connectivity index (χ1v) is 5.19. The molecule has 0 unspecified atom stereocenters. The average Bonchev–Trinajstić information content (AvgIpc) is 2.32. The lowest BCUT2D eigenvalue weighted by Crippen LogP contribution is -2.25. The maximum Gasteiger partial charge on any atom is 0.302 e. The van der Waals surface area contributed by atoms with Gasteiger partial charge in [0.1, 0.15) is 0 Å². The highest BCUT2D eigenvalue weighted by Crippen LogP contribution is 2.20. The normalized spacial score (nSPS) is 9.79. The van der Waals surface area contributed by atoms with Gasteiger partial charge >= 0.3 is 5.91 Å². The summed E-state index contributed by atoms with van der Waals surface area (Å²) in [6, 6.07) is 0. The molecule has 0 bridgehead atoms. The zero-order valence-corrected chi connectivity index (χ0v) is 10.3. The van der Waals surface area contributed by atoms with E-state index in [9.17, 15) is 9.59 Å². The summed E-state index contributed by atoms with van der Waals surface area (Å²) >= 11 is 5.74. The minimum Gasteiger partial charge on any atom is -0.382 e. The van der Waals surface area contributed by atoms with Crippen molar-refractivity contribution < 1.29 is 9.59 Å². The number of carbonyl (C=O) groups is 2. The predicted octanol–water partition coefficient (Wildman–Crippen LogP) is -1.98. The lowest BCUT2D eigenvalue weighted by atomic mass is 10.4. The molecule has 1 heterocycles. The number of hydrogen-bond donors (Lipinski definition) is 5. The third-order valence-corrected chi connectivity index (χ3v) is 2.02. The summed E-state index contributed by atoms with van der Waals surface area (Å²) in [6.07, 6.45) is 0. The number of aliphatic imine (C=N–C) groups is 1. The highest BCUT2D eigenvalue weighted by molar-refractivity contribution is 6.32. The van der Waals surface area contributed by atoms with Crippen LogP contribution in [0.15, 0.2) is 4.99 Å². The Hall–Kier alpha value is -2.46. The van der Waals surface area contributed by atoms with E-state index >= 15 is 0 Å². The van der Waals surface area contributed by atoms with E-state index in [1.165, 1.54) is 0 Å². The molecule has 9 N–H and O–H groups in total. The molecule has 0 saturated heterocycles. The molecule has 11 heteroatoms. The largest absolute Gasteiger partial charge is 0.382 e. The van der Waals surface area contributed by atoms with Gasteiger partial charge in [0.25, 0.3) is 0 Å². The Balaban J connectivity index is 3.13. The predicted molar refractivity (Wildman–Crippen MR) is 69.3 cm³/mol. The van der Waals surface area contributed by atoms with Crippen LogP contribution in [-0.4, -0.2) is 34.3 Å². The van der Waals surface area contributed by atoms with Gasteiger partial charge in [0.05, 0.1) is 6.54 Å². The Morgan fingerprint density at radius 2 is 1.95 bits per heavy atom. The standard InChI is InChI=1S/C8H11ClN8O2/c9-4-6(14-2(18)1-10)16-5(11)3(15-4)7(19)17-8(12)13/h1,10H2,(H3,11,14,16,18)(H4,12,13,17,19). The number of nitrogens with one attached hydrogen (secondary N) is 1. The van der Waals surface area contributed by atoms with Crippen molar-refractivity contribution in [1.82, 2.24) is 9.97 Å². The molecule has 1 rings (SSSR count). The molecule has 102 valence electrons. The van der Waals surface area contributed by atoms with E-state index in [-0.39, 0.29) is 29.0 Å². The van der Waals surface area contributed by atoms with E-state index in [0.29, 0.717) is 0 Å². The van der Waals surface area contributed by atoms with Crippen LogP contribution < -0.4 is 28.3 Å². The second kappa shape index (κ2) is 5.93. The Morgan fingerprint density at radius 3 is 2.47 bits per heavy atom. The molecular weight excluding hydrogens is 276 g/mol. The fourth-order valence-electron chi connectivity index (χ4n) is 1.02. The lowest BCUT2D eigenvalue weighted by molar-refractivity contribution is -0.114. The maximum atomic E-state index is 11.5. The topological polar surface area (TPSA) is 188 Å². The SMILES string of the molecule is NCC(=O)Nc1nc(N)c(C(=O)N=C(N)N)nc1Cl. The monoisotopic (exact) mass is 286 g/mol. The van der Waals surface area contributed by atoms with Gasteiger partial charge in [-0.1, -0.05) is 11.6 Å². The van der Waals surface area contributed by atoms with E-state index in [4.69, 9.17) is 34.5 Å². The van der Waals surface area contributed by atoms with E-state index < -0.39 is 17.8 Å². The fourth-order valence-corrected chi connectivity index (χ4v) is 1.19. The van der Waals surface area contributed by atoms with Crippen molar-refractivity contribution in [2.45, 2.75) is 0 Å². The summed E-state index contributed by atoms with van der Waals surface area (Å²) < 4.78 is 0. The molecule has 0 saturated carbocycles. The van der Waals surface area contributed by atoms with Crippen molar-refractivity contribution in [2.75, 3.05) is 17.6 Å². The average molecular weight is 287 g/mol. The number of nitrogens with two attached hydrogens (primary N) is 4. The first kappa shape index (κ1) is 14.6. The molecule has 1 aromatic rings. The van der Waals surface area contributed by atoms with Crippen LogP contribution in [0.1, 0.15) is 10.5 Å². The Kier molecular flexibility index (Phi) is 4.56. The van der Waals surface area contributed by atoms with Crippen LogP contribution in [-0.2, 0) is 4.79 Å². The zero-order chi connectivity index (χ0) is 14.6. The van der Waals surface area contributed by atoms with Crippen molar-refractivity contribution in [3.63, 3.8) is 0 Å². The van der Waals surface area contributed by atoms with Gasteiger partial charge < -0.3 is 28.3 Å². The number of carbonyl (C=O) groups excluding carboxylic acids is 2. The van der Waals surface area contributed by atoms with Gasteiger partial charge in [-0.2, -0.15) is 4.99 Å². The number of amides is 2. The van der Waals surface area contributed by atoms with Crippen LogP contribution in [0, 0.1) is 0 Å². The molecule has 0 radical (unpaired) electrons. The smallest absolute Gasteiger partial charge is 0.302 e. The van der Waals surface area contributed by atoms with E-state index in [2.05, 4.69) is 20.3 Å². The van der Waals surface area contributed by atoms with Gasteiger partial charge in [-0.05, 0) is 0 Å². The molecule has 2 amide bonds. The molecule has 0 aromatic carbocycles. The van der Waals surface area contributed by atoms with Gasteiger partial charge in [-0.3, -0.25) is 9.59 Å². The van der Waals surface area contributed by atoms with Gasteiger partial charge in [-0.15, -0.1) is 0 Å². The number of guanidine groups is 1. The fraction of sp³-hybridized carbons (Fsp3) is 0.125. The lowest BCUT2D eigenvalue weighted by Gasteiger charge is -2.07. The van der Waals surface area contributed by atoms with Gasteiger partial charge in [0.2, 0.25) is 5.91 Å². The molecule has 0 aliphatic rings. The number of aromatic nitrogens is 2. The molecule has 0 spiro atoms. The van der Waals surface area contributed by atoms with Crippen LogP contribution in [0.25, 0.3) is 0 Å². The van der Waals surface area contributed by atoms with Crippen LogP contribution in [0.4, 0.5) is 11.6 Å². The minimum atomic E-state index is -0.899. The third kappa shape index (κ3) is 3.76. The molecule has 19 heavy (non-hydrogen) atoms. The number of nitrogens with zero attached hydrogens (tertiary/aromatic N) is 3. The van der Waals surface area contributed by atoms with Crippen molar-refractivity contribution in [3.05, 3.63) is 10.8 Å². The first-order valence-electron chi connectivity index (χ1n) is 4.82. The number of anilines is 2. The van der Waals surface area contributed by atoms with Crippen LogP contribution >= 0.6 is 11.6 Å². The van der Waals surface area contributed by atoms with E-state index in [1.54, 1.807) is 0 Å². The molecule has 0 aliphatic heterocycles. The highest BCUT2D eigenvalue weighted by Gasteiger charge is 2.17. The van der Waals surface area contributed by atoms with E-state index in [1.807, 2.05) is 0 Å². The zero-order valence-electron chi connectivity index (χ0n) is 9.55. The molecule has 0 atom stereocenters. The second-order valence-electron chi connectivity index (χ2n) is 3.19. The van der Waals surface area contributed by atoms with Crippen LogP contribution in [0.3, 0.4) is 0 Å². The van der Waals surface area contributed by atoms with Gasteiger partial charge in [0.15, 0.2) is 28.4 Å². The van der Waals surface area contributed by atoms with Crippen LogP contribution in [0.5, 0.6) is 0 Å². The number of hydrogen-bond acceptors (Lipinski definition) is 6. The number of halogens is 1. The van der Waals surface area contributed by atoms with Crippen molar-refractivity contribution in [3.8, 4) is 0 Å². The quantitative estimate of drug-likeness (QED) is 0.312. The number of nitrogen functional groups attached to an aromatic ring is 1. The molecule has 10 nitrogen and oxygen atoms in total. The molecule has 1 aromatic heterocycles.